The molecule has 0 fully saturated rings. The van der Waals surface area contributed by atoms with Crippen LogP contribution in [-0.2, 0) is 65.4 Å². The molecule has 0 bridgehead atoms. The van der Waals surface area contributed by atoms with Crippen LogP contribution in [-0.4, -0.2) is 96.7 Å². The number of hydrogen-bond acceptors (Lipinski definition) is 15. The number of esters is 4. The zero-order chi connectivity index (χ0) is 73.8. The highest BCUT2D eigenvalue weighted by atomic mass is 31.2. The summed E-state index contributed by atoms with van der Waals surface area (Å²) in [5, 5.41) is 10.6. The first kappa shape index (κ1) is 98.1. The van der Waals surface area contributed by atoms with Crippen LogP contribution in [0, 0.1) is 23.7 Å². The smallest absolute Gasteiger partial charge is 0.462 e. The standard InChI is InChI=1S/C81H158O17P2/c1-71(2)57-49-41-33-27-23-19-15-11-9-10-12-17-21-25-29-36-45-53-61-78(83)91-67-76(98-81(86)64-56-48-38-32-31-35-43-51-59-73(5)6)69-95-99(87,88)93-65-75(82)66-94-100(89,90)96-70-77(68-92-79(84)62-54-46-40-39-44-52-60-74(7)8)97-80(85)63-55-47-37-30-26-22-18-14-13-16-20-24-28-34-42-50-58-72(3)4/h71-77,82H,9-70H2,1-8H3,(H,87,88)(H,89,90)/t75?,76-,77-/m1/s1. The monoisotopic (exact) mass is 1470 g/mol. The summed E-state index contributed by atoms with van der Waals surface area (Å²) in [5.41, 5.74) is 0. The van der Waals surface area contributed by atoms with E-state index in [0.717, 1.165) is 108 Å². The minimum absolute atomic E-state index is 0.105. The third-order valence-corrected chi connectivity index (χ3v) is 20.7. The Bertz CT molecular complexity index is 1950. The van der Waals surface area contributed by atoms with E-state index >= 15 is 0 Å². The Morgan fingerprint density at radius 3 is 0.620 bits per heavy atom. The Kier molecular flexibility index (Phi) is 68.7. The molecule has 0 aromatic rings. The van der Waals surface area contributed by atoms with E-state index in [2.05, 4.69) is 55.4 Å². The summed E-state index contributed by atoms with van der Waals surface area (Å²) in [6.45, 7) is 14.2. The number of phosphoric acid groups is 2. The highest BCUT2D eigenvalue weighted by Crippen LogP contribution is 2.45. The van der Waals surface area contributed by atoms with Crippen molar-refractivity contribution in [1.82, 2.24) is 0 Å². The number of rotatable bonds is 78. The van der Waals surface area contributed by atoms with Crippen LogP contribution in [0.2, 0.25) is 0 Å². The van der Waals surface area contributed by atoms with E-state index in [1.54, 1.807) is 0 Å². The van der Waals surface area contributed by atoms with Crippen LogP contribution >= 0.6 is 15.6 Å². The lowest BCUT2D eigenvalue weighted by atomic mass is 10.0. The molecule has 0 aliphatic heterocycles. The highest BCUT2D eigenvalue weighted by Gasteiger charge is 2.30. The van der Waals surface area contributed by atoms with E-state index in [1.165, 1.54) is 212 Å². The predicted molar refractivity (Wildman–Crippen MR) is 409 cm³/mol. The topological polar surface area (TPSA) is 237 Å². The molecule has 100 heavy (non-hydrogen) atoms. The van der Waals surface area contributed by atoms with Crippen molar-refractivity contribution in [3.05, 3.63) is 0 Å². The molecule has 0 aliphatic carbocycles. The van der Waals surface area contributed by atoms with E-state index in [1.807, 2.05) is 0 Å². The minimum Gasteiger partial charge on any atom is -0.462 e. The summed E-state index contributed by atoms with van der Waals surface area (Å²) in [5.74, 6) is 0.911. The molecule has 0 aromatic heterocycles. The molecule has 0 saturated carbocycles. The number of carbonyl (C=O) groups excluding carboxylic acids is 4. The van der Waals surface area contributed by atoms with E-state index < -0.39 is 97.5 Å². The maximum Gasteiger partial charge on any atom is 0.472 e. The van der Waals surface area contributed by atoms with Crippen LogP contribution in [0.1, 0.15) is 415 Å². The molecule has 17 nitrogen and oxygen atoms in total. The van der Waals surface area contributed by atoms with Crippen molar-refractivity contribution in [3.8, 4) is 0 Å². The van der Waals surface area contributed by atoms with E-state index in [9.17, 15) is 43.2 Å². The number of unbranched alkanes of at least 4 members (excludes halogenated alkanes) is 44. The Labute approximate surface area is 613 Å². The molecule has 0 radical (unpaired) electrons. The normalized spacial score (nSPS) is 14.0. The molecule has 3 unspecified atom stereocenters. The SMILES string of the molecule is CC(C)CCCCCCCCCCCCCCCCCCCCC(=O)OC[C@H](COP(=O)(O)OCC(O)COP(=O)(O)OC[C@@H](COC(=O)CCCCCCCCC(C)C)OC(=O)CCCCCCCCCCCCCCCCCCC(C)C)OC(=O)CCCCCCCCCCC(C)C. The second-order valence-electron chi connectivity index (χ2n) is 31.1. The first-order valence-corrected chi connectivity index (χ1v) is 44.7. The molecule has 0 amide bonds. The van der Waals surface area contributed by atoms with Gasteiger partial charge in [0.15, 0.2) is 12.2 Å². The molecule has 0 saturated heterocycles. The average Bonchev–Trinajstić information content (AvgIpc) is 0.951. The van der Waals surface area contributed by atoms with Gasteiger partial charge < -0.3 is 33.8 Å². The second-order valence-corrected chi connectivity index (χ2v) is 34.0. The van der Waals surface area contributed by atoms with Gasteiger partial charge in [0, 0.05) is 25.7 Å². The zero-order valence-corrected chi connectivity index (χ0v) is 67.6. The van der Waals surface area contributed by atoms with Gasteiger partial charge in [0.05, 0.1) is 26.4 Å². The lowest BCUT2D eigenvalue weighted by Crippen LogP contribution is -2.30. The third kappa shape index (κ3) is 74.3. The molecule has 5 atom stereocenters. The van der Waals surface area contributed by atoms with Crippen LogP contribution < -0.4 is 0 Å². The number of aliphatic hydroxyl groups excluding tert-OH is 1. The van der Waals surface area contributed by atoms with Gasteiger partial charge in [0.1, 0.15) is 19.3 Å². The Balaban J connectivity index is 5.13. The van der Waals surface area contributed by atoms with Gasteiger partial charge >= 0.3 is 39.5 Å². The summed E-state index contributed by atoms with van der Waals surface area (Å²) >= 11 is 0. The lowest BCUT2D eigenvalue weighted by molar-refractivity contribution is -0.161. The quantitative estimate of drug-likeness (QED) is 0.0222. The van der Waals surface area contributed by atoms with Crippen molar-refractivity contribution in [1.29, 1.82) is 0 Å². The number of phosphoric ester groups is 2. The molecule has 3 N–H and O–H groups in total. The van der Waals surface area contributed by atoms with Crippen LogP contribution in [0.4, 0.5) is 0 Å². The van der Waals surface area contributed by atoms with E-state index in [0.29, 0.717) is 37.5 Å². The molecular weight excluding hydrogens is 1310 g/mol. The first-order chi connectivity index (χ1) is 48.1. The highest BCUT2D eigenvalue weighted by molar-refractivity contribution is 7.47. The average molecular weight is 1470 g/mol. The van der Waals surface area contributed by atoms with Gasteiger partial charge in [-0.05, 0) is 49.4 Å². The lowest BCUT2D eigenvalue weighted by Gasteiger charge is -2.21. The van der Waals surface area contributed by atoms with Crippen LogP contribution in [0.5, 0.6) is 0 Å². The number of carbonyl (C=O) groups is 4. The van der Waals surface area contributed by atoms with Gasteiger partial charge in [-0.15, -0.1) is 0 Å². The molecule has 0 spiro atoms. The van der Waals surface area contributed by atoms with Crippen molar-refractivity contribution in [2.45, 2.75) is 433 Å². The summed E-state index contributed by atoms with van der Waals surface area (Å²) < 4.78 is 68.6. The van der Waals surface area contributed by atoms with Gasteiger partial charge in [-0.3, -0.25) is 37.3 Å². The number of aliphatic hydroxyl groups is 1. The Morgan fingerprint density at radius 2 is 0.420 bits per heavy atom. The molecule has 19 heteroatoms. The van der Waals surface area contributed by atoms with Crippen LogP contribution in [0.25, 0.3) is 0 Å². The third-order valence-electron chi connectivity index (χ3n) is 18.8. The van der Waals surface area contributed by atoms with Gasteiger partial charge in [-0.2, -0.15) is 0 Å². The van der Waals surface area contributed by atoms with Crippen LogP contribution in [0.15, 0.2) is 0 Å². The first-order valence-electron chi connectivity index (χ1n) is 41.7. The fourth-order valence-corrected chi connectivity index (χ4v) is 14.0. The Hall–Kier alpha value is -1.94. The van der Waals surface area contributed by atoms with Crippen molar-refractivity contribution >= 4 is 39.5 Å². The van der Waals surface area contributed by atoms with Gasteiger partial charge in [0.25, 0.3) is 0 Å². The number of hydrogen-bond donors (Lipinski definition) is 3. The van der Waals surface area contributed by atoms with Gasteiger partial charge in [0.2, 0.25) is 0 Å². The summed E-state index contributed by atoms with van der Waals surface area (Å²) in [7, 11) is -9.92. The molecule has 594 valence electrons. The summed E-state index contributed by atoms with van der Waals surface area (Å²) in [6, 6.07) is 0. The van der Waals surface area contributed by atoms with Crippen LogP contribution in [0.3, 0.4) is 0 Å². The fourth-order valence-electron chi connectivity index (χ4n) is 12.4. The van der Waals surface area contributed by atoms with Gasteiger partial charge in [-0.25, -0.2) is 9.13 Å². The molecule has 0 heterocycles. The molecular formula is C81H158O17P2. The zero-order valence-electron chi connectivity index (χ0n) is 65.8. The summed E-state index contributed by atoms with van der Waals surface area (Å²) in [6.07, 6.45) is 57.3. The van der Waals surface area contributed by atoms with Gasteiger partial charge in [-0.1, -0.05) is 364 Å². The molecule has 0 rings (SSSR count). The van der Waals surface area contributed by atoms with Crippen molar-refractivity contribution < 1.29 is 80.2 Å². The largest absolute Gasteiger partial charge is 0.472 e. The maximum absolute atomic E-state index is 13.1. The van der Waals surface area contributed by atoms with E-state index in [-0.39, 0.29) is 25.7 Å². The maximum atomic E-state index is 13.1. The Morgan fingerprint density at radius 1 is 0.250 bits per heavy atom. The minimum atomic E-state index is -4.96. The fraction of sp³-hybridized carbons (Fsp3) is 0.951. The predicted octanol–water partition coefficient (Wildman–Crippen LogP) is 24.0. The van der Waals surface area contributed by atoms with E-state index in [4.69, 9.17) is 37.0 Å². The number of ether oxygens (including phenoxy) is 4. The molecule has 0 aliphatic rings. The van der Waals surface area contributed by atoms with Crippen molar-refractivity contribution in [2.75, 3.05) is 39.6 Å². The molecule has 0 aromatic carbocycles. The second kappa shape index (κ2) is 70.1. The van der Waals surface area contributed by atoms with Crippen molar-refractivity contribution in [2.24, 2.45) is 23.7 Å². The summed E-state index contributed by atoms with van der Waals surface area (Å²) in [4.78, 5) is 72.9. The van der Waals surface area contributed by atoms with Crippen molar-refractivity contribution in [3.63, 3.8) is 0 Å².